The molecule has 128 valence electrons. The molecule has 1 amide bonds. The Morgan fingerprint density at radius 3 is 2.04 bits per heavy atom. The zero-order chi connectivity index (χ0) is 17.6. The van der Waals surface area contributed by atoms with Crippen molar-refractivity contribution in [2.24, 2.45) is 5.92 Å². The van der Waals surface area contributed by atoms with Crippen LogP contribution in [-0.4, -0.2) is 34.8 Å². The number of thioether (sulfide) groups is 1. The molecule has 1 fully saturated rings. The van der Waals surface area contributed by atoms with Crippen molar-refractivity contribution in [3.63, 3.8) is 0 Å². The topological polar surface area (TPSA) is 40.5 Å². The van der Waals surface area contributed by atoms with Crippen LogP contribution in [0, 0.1) is 5.92 Å². The molecule has 1 N–H and O–H groups in total. The van der Waals surface area contributed by atoms with Crippen LogP contribution in [0.3, 0.4) is 0 Å². The Morgan fingerprint density at radius 2 is 1.61 bits per heavy atom. The Labute approximate surface area is 145 Å². The molecule has 0 aromatic heterocycles. The highest BCUT2D eigenvalue weighted by atomic mass is 32.2. The van der Waals surface area contributed by atoms with Crippen LogP contribution in [0.5, 0.6) is 0 Å². The van der Waals surface area contributed by atoms with Gasteiger partial charge < -0.3 is 9.67 Å². The van der Waals surface area contributed by atoms with E-state index in [9.17, 15) is 9.90 Å². The van der Waals surface area contributed by atoms with Gasteiger partial charge in [-0.25, -0.2) is 0 Å². The third kappa shape index (κ3) is 3.37. The molecule has 0 saturated carbocycles. The Hall–Kier alpha value is -0.783. The van der Waals surface area contributed by atoms with Crippen molar-refractivity contribution in [1.29, 1.82) is 0 Å². The summed E-state index contributed by atoms with van der Waals surface area (Å²) >= 11 is 1.70. The summed E-state index contributed by atoms with van der Waals surface area (Å²) in [6.45, 7) is 14.7. The average Bonchev–Trinajstić information content (AvgIpc) is 2.35. The zero-order valence-electron chi connectivity index (χ0n) is 15.3. The molecule has 2 atom stereocenters. The van der Waals surface area contributed by atoms with Gasteiger partial charge in [0.05, 0.1) is 16.9 Å². The molecule has 0 spiro atoms. The van der Waals surface area contributed by atoms with Gasteiger partial charge in [0.1, 0.15) is 0 Å². The van der Waals surface area contributed by atoms with Crippen LogP contribution in [0.4, 0.5) is 0 Å². The fourth-order valence-corrected chi connectivity index (χ4v) is 7.36. The Kier molecular flexibility index (Phi) is 4.79. The van der Waals surface area contributed by atoms with E-state index >= 15 is 0 Å². The minimum Gasteiger partial charge on any atom is -0.390 e. The first kappa shape index (κ1) is 18.6. The van der Waals surface area contributed by atoms with Gasteiger partial charge in [0.25, 0.3) is 0 Å². The van der Waals surface area contributed by atoms with Gasteiger partial charge in [0.15, 0.2) is 8.24 Å². The lowest BCUT2D eigenvalue weighted by atomic mass is 9.85. The molecule has 1 saturated heterocycles. The largest absolute Gasteiger partial charge is 0.390 e. The van der Waals surface area contributed by atoms with Crippen molar-refractivity contribution < 1.29 is 9.90 Å². The Balaban J connectivity index is 2.36. The highest BCUT2D eigenvalue weighted by Gasteiger charge is 2.61. The predicted molar refractivity (Wildman–Crippen MR) is 99.9 cm³/mol. The van der Waals surface area contributed by atoms with E-state index in [-0.39, 0.29) is 22.2 Å². The number of aliphatic hydroxyl groups is 1. The molecule has 0 radical (unpaired) electrons. The van der Waals surface area contributed by atoms with Gasteiger partial charge in [-0.2, -0.15) is 0 Å². The lowest BCUT2D eigenvalue weighted by molar-refractivity contribution is -0.156. The monoisotopic (exact) mass is 351 g/mol. The van der Waals surface area contributed by atoms with Crippen molar-refractivity contribution in [1.82, 2.24) is 4.57 Å². The molecule has 1 aromatic rings. The smallest absolute Gasteiger partial charge is 0.224 e. The molecule has 0 aliphatic carbocycles. The second-order valence-electron chi connectivity index (χ2n) is 8.47. The summed E-state index contributed by atoms with van der Waals surface area (Å²) < 4.78 is 2.10. The standard InChI is InChI=1S/C18H29NO2SSi/c1-17(2,3)23(6,7)19-15(20)14(18(4,5)21)16(19)22-13-11-9-8-10-12-13/h8-12,14,16,21H,1-7H3. The SMILES string of the molecule is CC(C)(O)C1C(=O)N([Si](C)(C)C(C)(C)C)C1Sc1ccccc1. The van der Waals surface area contributed by atoms with Gasteiger partial charge in [-0.1, -0.05) is 52.1 Å². The molecule has 2 unspecified atom stereocenters. The van der Waals surface area contributed by atoms with E-state index in [4.69, 9.17) is 0 Å². The fraction of sp³-hybridized carbons (Fsp3) is 0.611. The highest BCUT2D eigenvalue weighted by molar-refractivity contribution is 8.00. The summed E-state index contributed by atoms with van der Waals surface area (Å²) in [4.78, 5) is 14.0. The van der Waals surface area contributed by atoms with Crippen molar-refractivity contribution >= 4 is 25.9 Å². The number of β-lactam (4-membered cyclic amide) rings is 1. The van der Waals surface area contributed by atoms with Crippen LogP contribution in [0.1, 0.15) is 34.6 Å². The fourth-order valence-electron chi connectivity index (χ4n) is 2.83. The molecule has 0 bridgehead atoms. The number of hydrogen-bond acceptors (Lipinski definition) is 3. The van der Waals surface area contributed by atoms with E-state index in [0.29, 0.717) is 0 Å². The van der Waals surface area contributed by atoms with Gasteiger partial charge >= 0.3 is 0 Å². The second kappa shape index (κ2) is 5.94. The minimum absolute atomic E-state index is 0.00536. The number of amides is 1. The first-order chi connectivity index (χ1) is 10.4. The van der Waals surface area contributed by atoms with Gasteiger partial charge in [0.2, 0.25) is 5.91 Å². The number of carbonyl (C=O) groups is 1. The van der Waals surface area contributed by atoms with Crippen LogP contribution in [0.25, 0.3) is 0 Å². The van der Waals surface area contributed by atoms with Crippen LogP contribution in [0.2, 0.25) is 18.1 Å². The lowest BCUT2D eigenvalue weighted by Crippen LogP contribution is -2.75. The first-order valence-corrected chi connectivity index (χ1v) is 12.0. The summed E-state index contributed by atoms with van der Waals surface area (Å²) in [5.41, 5.74) is -0.998. The summed E-state index contributed by atoms with van der Waals surface area (Å²) in [5.74, 6) is -0.237. The molecule has 1 aliphatic heterocycles. The third-order valence-electron chi connectivity index (χ3n) is 5.24. The molecule has 1 heterocycles. The first-order valence-electron chi connectivity index (χ1n) is 8.14. The molecule has 2 rings (SSSR count). The van der Waals surface area contributed by atoms with E-state index in [2.05, 4.69) is 50.6 Å². The van der Waals surface area contributed by atoms with Gasteiger partial charge in [-0.15, -0.1) is 11.8 Å². The van der Waals surface area contributed by atoms with Crippen LogP contribution in [0.15, 0.2) is 35.2 Å². The minimum atomic E-state index is -1.97. The van der Waals surface area contributed by atoms with E-state index in [1.165, 1.54) is 0 Å². The quantitative estimate of drug-likeness (QED) is 0.648. The number of carbonyl (C=O) groups excluding carboxylic acids is 1. The van der Waals surface area contributed by atoms with Crippen LogP contribution in [-0.2, 0) is 4.79 Å². The number of rotatable bonds is 4. The predicted octanol–water partition coefficient (Wildman–Crippen LogP) is 4.34. The number of benzene rings is 1. The molecule has 1 aromatic carbocycles. The second-order valence-corrected chi connectivity index (χ2v) is 14.8. The average molecular weight is 352 g/mol. The maximum Gasteiger partial charge on any atom is 0.224 e. The van der Waals surface area contributed by atoms with E-state index in [1.807, 2.05) is 18.2 Å². The van der Waals surface area contributed by atoms with Crippen molar-refractivity contribution in [3.05, 3.63) is 30.3 Å². The lowest BCUT2D eigenvalue weighted by Gasteiger charge is -2.60. The summed E-state index contributed by atoms with van der Waals surface area (Å²) in [6, 6.07) is 10.2. The summed E-state index contributed by atoms with van der Waals surface area (Å²) in [7, 11) is -1.97. The van der Waals surface area contributed by atoms with Crippen molar-refractivity contribution in [2.45, 2.75) is 68.6 Å². The Bertz CT molecular complexity index is 575. The van der Waals surface area contributed by atoms with Crippen molar-refractivity contribution in [2.75, 3.05) is 0 Å². The van der Waals surface area contributed by atoms with Crippen LogP contribution < -0.4 is 0 Å². The number of hydrogen-bond donors (Lipinski definition) is 1. The Morgan fingerprint density at radius 1 is 1.09 bits per heavy atom. The molecule has 1 aliphatic rings. The van der Waals surface area contributed by atoms with Crippen molar-refractivity contribution in [3.8, 4) is 0 Å². The maximum atomic E-state index is 12.9. The summed E-state index contributed by atoms with van der Waals surface area (Å²) in [6.07, 6.45) is 0. The molecular weight excluding hydrogens is 322 g/mol. The van der Waals surface area contributed by atoms with E-state index < -0.39 is 13.8 Å². The molecule has 5 heteroatoms. The van der Waals surface area contributed by atoms with Crippen LogP contribution >= 0.6 is 11.8 Å². The zero-order valence-corrected chi connectivity index (χ0v) is 17.1. The normalized spacial score (nSPS) is 23.0. The third-order valence-corrected chi connectivity index (χ3v) is 12.1. The van der Waals surface area contributed by atoms with E-state index in [1.54, 1.807) is 25.6 Å². The van der Waals surface area contributed by atoms with Gasteiger partial charge in [-0.3, -0.25) is 4.79 Å². The number of nitrogens with zero attached hydrogens (tertiary/aromatic N) is 1. The maximum absolute atomic E-state index is 12.9. The highest BCUT2D eigenvalue weighted by Crippen LogP contribution is 2.51. The van der Waals surface area contributed by atoms with E-state index in [0.717, 1.165) is 4.90 Å². The van der Waals surface area contributed by atoms with Gasteiger partial charge in [-0.05, 0) is 31.0 Å². The van der Waals surface area contributed by atoms with Gasteiger partial charge in [0, 0.05) is 4.90 Å². The summed E-state index contributed by atoms with van der Waals surface area (Å²) in [5, 5.41) is 10.6. The molecule has 23 heavy (non-hydrogen) atoms. The molecular formula is C18H29NO2SSi. The molecule has 3 nitrogen and oxygen atoms in total.